The summed E-state index contributed by atoms with van der Waals surface area (Å²) in [6.45, 7) is 4.47. The van der Waals surface area contributed by atoms with Crippen molar-refractivity contribution in [2.75, 3.05) is 7.05 Å². The molecule has 0 aliphatic heterocycles. The number of amides is 1. The van der Waals surface area contributed by atoms with Gasteiger partial charge in [-0.25, -0.2) is 0 Å². The van der Waals surface area contributed by atoms with Crippen LogP contribution in [-0.4, -0.2) is 43.3 Å². The van der Waals surface area contributed by atoms with Crippen molar-refractivity contribution in [2.24, 2.45) is 0 Å². The number of nitrogens with zero attached hydrogens (tertiary/aromatic N) is 5. The Balaban J connectivity index is 1.69. The minimum absolute atomic E-state index is 0.0395. The summed E-state index contributed by atoms with van der Waals surface area (Å²) in [7, 11) is 1.82. The van der Waals surface area contributed by atoms with Crippen molar-refractivity contribution in [3.63, 3.8) is 0 Å². The van der Waals surface area contributed by atoms with E-state index in [9.17, 15) is 4.79 Å². The molecule has 1 amide bonds. The molecule has 0 radical (unpaired) electrons. The number of aryl methyl sites for hydroxylation is 1. The van der Waals surface area contributed by atoms with Gasteiger partial charge in [0.25, 0.3) is 0 Å². The third kappa shape index (κ3) is 4.29. The van der Waals surface area contributed by atoms with E-state index in [-0.39, 0.29) is 11.2 Å². The van der Waals surface area contributed by atoms with Crippen LogP contribution in [0.1, 0.15) is 18.1 Å². The number of tetrazole rings is 1. The van der Waals surface area contributed by atoms with E-state index in [2.05, 4.69) is 15.5 Å². The van der Waals surface area contributed by atoms with E-state index >= 15 is 0 Å². The summed E-state index contributed by atoms with van der Waals surface area (Å²) >= 11 is 1.36. The largest absolute Gasteiger partial charge is 0.340 e. The van der Waals surface area contributed by atoms with Crippen LogP contribution in [-0.2, 0) is 11.3 Å². The normalized spacial score (nSPS) is 12.0. The first-order valence-electron chi connectivity index (χ1n) is 8.35. The lowest BCUT2D eigenvalue weighted by Crippen LogP contribution is -2.32. The molecule has 1 atom stereocenters. The molecule has 0 saturated heterocycles. The summed E-state index contributed by atoms with van der Waals surface area (Å²) in [5.41, 5.74) is 3.11. The molecular weight excluding hydrogens is 346 g/mol. The molecule has 0 fully saturated rings. The lowest BCUT2D eigenvalue weighted by molar-refractivity contribution is -0.129. The molecule has 0 saturated carbocycles. The van der Waals surface area contributed by atoms with Gasteiger partial charge in [-0.2, -0.15) is 4.68 Å². The average molecular weight is 367 g/mol. The molecule has 26 heavy (non-hydrogen) atoms. The zero-order chi connectivity index (χ0) is 18.5. The standard InChI is InChI=1S/C19H21N5OS/c1-14-8-7-11-17(12-14)24-19(20-21-22-24)26-15(2)18(25)23(3)13-16-9-5-4-6-10-16/h4-12,15H,13H2,1-3H3. The van der Waals surface area contributed by atoms with Crippen LogP contribution in [0.15, 0.2) is 59.8 Å². The molecule has 1 aromatic heterocycles. The van der Waals surface area contributed by atoms with Crippen LogP contribution in [0.3, 0.4) is 0 Å². The van der Waals surface area contributed by atoms with Gasteiger partial charge in [0.05, 0.1) is 10.9 Å². The minimum atomic E-state index is -0.293. The van der Waals surface area contributed by atoms with E-state index in [1.54, 1.807) is 9.58 Å². The molecule has 0 aliphatic rings. The van der Waals surface area contributed by atoms with Crippen molar-refractivity contribution in [2.45, 2.75) is 30.8 Å². The van der Waals surface area contributed by atoms with Gasteiger partial charge in [0.1, 0.15) is 0 Å². The molecule has 3 rings (SSSR count). The predicted octanol–water partition coefficient (Wildman–Crippen LogP) is 3.11. The Hall–Kier alpha value is -2.67. The first-order chi connectivity index (χ1) is 12.5. The zero-order valence-electron chi connectivity index (χ0n) is 15.0. The molecule has 0 N–H and O–H groups in total. The molecule has 0 spiro atoms. The summed E-state index contributed by atoms with van der Waals surface area (Å²) in [5, 5.41) is 12.2. The monoisotopic (exact) mass is 367 g/mol. The number of hydrogen-bond donors (Lipinski definition) is 0. The van der Waals surface area contributed by atoms with Crippen molar-refractivity contribution in [3.05, 3.63) is 65.7 Å². The highest BCUT2D eigenvalue weighted by Crippen LogP contribution is 2.24. The van der Waals surface area contributed by atoms with Crippen molar-refractivity contribution < 1.29 is 4.79 Å². The van der Waals surface area contributed by atoms with Crippen molar-refractivity contribution in [3.8, 4) is 5.69 Å². The third-order valence-corrected chi connectivity index (χ3v) is 4.98. The predicted molar refractivity (Wildman–Crippen MR) is 102 cm³/mol. The fourth-order valence-electron chi connectivity index (χ4n) is 2.63. The van der Waals surface area contributed by atoms with Gasteiger partial charge in [0, 0.05) is 13.6 Å². The lowest BCUT2D eigenvalue weighted by atomic mass is 10.2. The van der Waals surface area contributed by atoms with Gasteiger partial charge < -0.3 is 4.90 Å². The number of rotatable bonds is 6. The molecule has 2 aromatic carbocycles. The first kappa shape index (κ1) is 18.1. The SMILES string of the molecule is Cc1cccc(-n2nnnc2SC(C)C(=O)N(C)Cc2ccccc2)c1. The first-order valence-corrected chi connectivity index (χ1v) is 9.23. The van der Waals surface area contributed by atoms with E-state index in [1.807, 2.05) is 75.5 Å². The summed E-state index contributed by atoms with van der Waals surface area (Å²) < 4.78 is 1.67. The summed E-state index contributed by atoms with van der Waals surface area (Å²) in [6.07, 6.45) is 0. The Morgan fingerprint density at radius 1 is 1.19 bits per heavy atom. The quantitative estimate of drug-likeness (QED) is 0.627. The summed E-state index contributed by atoms with van der Waals surface area (Å²) in [5.74, 6) is 0.0395. The van der Waals surface area contributed by atoms with Gasteiger partial charge in [-0.15, -0.1) is 5.10 Å². The number of benzene rings is 2. The average Bonchev–Trinajstić information content (AvgIpc) is 3.10. The van der Waals surface area contributed by atoms with Crippen LogP contribution in [0.5, 0.6) is 0 Å². The second-order valence-corrected chi connectivity index (χ2v) is 7.46. The Kier molecular flexibility index (Phi) is 5.68. The number of thioether (sulfide) groups is 1. The van der Waals surface area contributed by atoms with Crippen LogP contribution in [0, 0.1) is 6.92 Å². The Morgan fingerprint density at radius 3 is 2.69 bits per heavy atom. The van der Waals surface area contributed by atoms with Gasteiger partial charge in [-0.1, -0.05) is 54.2 Å². The van der Waals surface area contributed by atoms with Crippen molar-refractivity contribution >= 4 is 17.7 Å². The zero-order valence-corrected chi connectivity index (χ0v) is 15.8. The Labute approximate surface area is 157 Å². The van der Waals surface area contributed by atoms with Gasteiger partial charge in [-0.05, 0) is 47.5 Å². The number of hydrogen-bond acceptors (Lipinski definition) is 5. The van der Waals surface area contributed by atoms with Crippen molar-refractivity contribution in [1.82, 2.24) is 25.1 Å². The van der Waals surface area contributed by atoms with Crippen LogP contribution >= 0.6 is 11.8 Å². The van der Waals surface area contributed by atoms with Gasteiger partial charge in [0.15, 0.2) is 0 Å². The van der Waals surface area contributed by atoms with E-state index in [0.717, 1.165) is 16.8 Å². The maximum Gasteiger partial charge on any atom is 0.235 e. The molecular formula is C19H21N5OS. The Morgan fingerprint density at radius 2 is 1.96 bits per heavy atom. The number of carbonyl (C=O) groups excluding carboxylic acids is 1. The van der Waals surface area contributed by atoms with E-state index in [1.165, 1.54) is 11.8 Å². The molecule has 134 valence electrons. The highest BCUT2D eigenvalue weighted by atomic mass is 32.2. The highest BCUT2D eigenvalue weighted by Gasteiger charge is 2.22. The van der Waals surface area contributed by atoms with Crippen molar-refractivity contribution in [1.29, 1.82) is 0 Å². The molecule has 0 aliphatic carbocycles. The number of aromatic nitrogens is 4. The highest BCUT2D eigenvalue weighted by molar-refractivity contribution is 8.00. The third-order valence-electron chi connectivity index (χ3n) is 3.96. The fourth-order valence-corrected chi connectivity index (χ4v) is 3.55. The van der Waals surface area contributed by atoms with Gasteiger partial charge in [-0.3, -0.25) is 4.79 Å². The smallest absolute Gasteiger partial charge is 0.235 e. The lowest BCUT2D eigenvalue weighted by Gasteiger charge is -2.21. The molecule has 6 nitrogen and oxygen atoms in total. The summed E-state index contributed by atoms with van der Waals surface area (Å²) in [6, 6.07) is 17.9. The van der Waals surface area contributed by atoms with Crippen LogP contribution in [0.2, 0.25) is 0 Å². The molecule has 1 unspecified atom stereocenters. The van der Waals surface area contributed by atoms with Crippen LogP contribution < -0.4 is 0 Å². The fraction of sp³-hybridized carbons (Fsp3) is 0.263. The number of carbonyl (C=O) groups is 1. The van der Waals surface area contributed by atoms with Crippen LogP contribution in [0.25, 0.3) is 5.69 Å². The Bertz CT molecular complexity index is 880. The molecule has 7 heteroatoms. The van der Waals surface area contributed by atoms with Crippen LogP contribution in [0.4, 0.5) is 0 Å². The molecule has 0 bridgehead atoms. The second kappa shape index (κ2) is 8.14. The van der Waals surface area contributed by atoms with Gasteiger partial charge >= 0.3 is 0 Å². The van der Waals surface area contributed by atoms with E-state index in [0.29, 0.717) is 11.7 Å². The topological polar surface area (TPSA) is 63.9 Å². The summed E-state index contributed by atoms with van der Waals surface area (Å²) in [4.78, 5) is 14.4. The maximum absolute atomic E-state index is 12.7. The molecule has 3 aromatic rings. The minimum Gasteiger partial charge on any atom is -0.340 e. The van der Waals surface area contributed by atoms with E-state index in [4.69, 9.17) is 0 Å². The second-order valence-electron chi connectivity index (χ2n) is 6.15. The molecule has 1 heterocycles. The van der Waals surface area contributed by atoms with E-state index < -0.39 is 0 Å². The maximum atomic E-state index is 12.7. The van der Waals surface area contributed by atoms with Gasteiger partial charge in [0.2, 0.25) is 11.1 Å².